The number of hydrogen-bond acceptors (Lipinski definition) is 2. The van der Waals surface area contributed by atoms with Gasteiger partial charge in [0, 0.05) is 42.5 Å². The minimum atomic E-state index is 1.06. The lowest BCUT2D eigenvalue weighted by Crippen LogP contribution is -1.95. The van der Waals surface area contributed by atoms with Crippen molar-refractivity contribution in [3.8, 4) is 27.9 Å². The molecule has 0 aliphatic carbocycles. The van der Waals surface area contributed by atoms with Crippen LogP contribution in [0.4, 0.5) is 0 Å². The molecule has 0 aliphatic rings. The molecule has 3 aromatic heterocycles. The van der Waals surface area contributed by atoms with Crippen LogP contribution in [-0.2, 0) is 0 Å². The fourth-order valence-corrected chi connectivity index (χ4v) is 10.1. The quantitative estimate of drug-likeness (QED) is 0.168. The third-order valence-corrected chi connectivity index (χ3v) is 12.6. The minimum Gasteiger partial charge on any atom is -0.307 e. The Bertz CT molecular complexity index is 3490. The topological polar surface area (TPSA) is 17.8 Å². The summed E-state index contributed by atoms with van der Waals surface area (Å²) in [7, 11) is 0. The maximum atomic E-state index is 4.54. The van der Waals surface area contributed by atoms with Crippen LogP contribution in [0.15, 0.2) is 182 Å². The molecule has 0 radical (unpaired) electrons. The van der Waals surface area contributed by atoms with E-state index in [1.165, 1.54) is 107 Å². The maximum absolute atomic E-state index is 4.54. The van der Waals surface area contributed by atoms with Gasteiger partial charge in [-0.3, -0.25) is 4.98 Å². The van der Waals surface area contributed by atoms with Gasteiger partial charge in [0.05, 0.1) is 22.9 Å². The van der Waals surface area contributed by atoms with E-state index >= 15 is 0 Å². The highest BCUT2D eigenvalue weighted by molar-refractivity contribution is 7.25. The molecule has 54 heavy (non-hydrogen) atoms. The molecule has 0 aliphatic heterocycles. The highest BCUT2D eigenvalue weighted by atomic mass is 32.1. The van der Waals surface area contributed by atoms with Crippen molar-refractivity contribution in [3.63, 3.8) is 0 Å². The summed E-state index contributed by atoms with van der Waals surface area (Å²) in [6, 6.07) is 62.9. The second-order valence-corrected chi connectivity index (χ2v) is 15.4. The maximum Gasteiger partial charge on any atom is 0.0645 e. The molecule has 0 N–H and O–H groups in total. The van der Waals surface area contributed by atoms with Gasteiger partial charge in [0.25, 0.3) is 0 Å². The number of aromatic nitrogens is 2. The largest absolute Gasteiger partial charge is 0.307 e. The molecule has 0 atom stereocenters. The Labute approximate surface area is 314 Å². The van der Waals surface area contributed by atoms with E-state index in [2.05, 4.69) is 173 Å². The summed E-state index contributed by atoms with van der Waals surface area (Å²) < 4.78 is 5.03. The average molecular weight is 703 g/mol. The normalized spacial score (nSPS) is 12.1. The predicted molar refractivity (Wildman–Crippen MR) is 232 cm³/mol. The number of rotatable bonds is 3. The Balaban J connectivity index is 1.11. The second kappa shape index (κ2) is 11.3. The smallest absolute Gasteiger partial charge is 0.0645 e. The number of para-hydroxylation sites is 1. The van der Waals surface area contributed by atoms with E-state index in [1.54, 1.807) is 0 Å². The highest BCUT2D eigenvalue weighted by Gasteiger charge is 2.19. The third kappa shape index (κ3) is 4.24. The van der Waals surface area contributed by atoms with E-state index in [9.17, 15) is 0 Å². The van der Waals surface area contributed by atoms with Gasteiger partial charge >= 0.3 is 0 Å². The van der Waals surface area contributed by atoms with E-state index in [0.717, 1.165) is 5.69 Å². The predicted octanol–water partition coefficient (Wildman–Crippen LogP) is 14.5. The number of nitrogens with zero attached hydrogens (tertiary/aromatic N) is 2. The van der Waals surface area contributed by atoms with Crippen LogP contribution in [-0.4, -0.2) is 9.55 Å². The number of thiophene rings is 1. The van der Waals surface area contributed by atoms with Crippen molar-refractivity contribution in [3.05, 3.63) is 182 Å². The van der Waals surface area contributed by atoms with Crippen molar-refractivity contribution in [1.82, 2.24) is 9.55 Å². The summed E-state index contributed by atoms with van der Waals surface area (Å²) in [5.41, 5.74) is 8.45. The molecule has 0 unspecified atom stereocenters. The monoisotopic (exact) mass is 702 g/mol. The van der Waals surface area contributed by atoms with Crippen molar-refractivity contribution in [2.45, 2.75) is 0 Å². The summed E-state index contributed by atoms with van der Waals surface area (Å²) in [5.74, 6) is 0. The van der Waals surface area contributed by atoms with Crippen LogP contribution in [0, 0.1) is 0 Å². The summed E-state index contributed by atoms with van der Waals surface area (Å²) in [6.07, 6.45) is 3.82. The molecule has 2 nitrogen and oxygen atoms in total. The van der Waals surface area contributed by atoms with Crippen LogP contribution < -0.4 is 0 Å². The van der Waals surface area contributed by atoms with Gasteiger partial charge in [-0.05, 0) is 108 Å². The first-order valence-electron chi connectivity index (χ1n) is 18.4. The Hall–Kier alpha value is -6.81. The Kier molecular flexibility index (Phi) is 6.25. The van der Waals surface area contributed by atoms with Gasteiger partial charge in [0.15, 0.2) is 0 Å². The molecule has 250 valence electrons. The molecule has 0 saturated heterocycles. The van der Waals surface area contributed by atoms with Crippen LogP contribution >= 0.6 is 11.3 Å². The van der Waals surface area contributed by atoms with Gasteiger partial charge in [0.1, 0.15) is 0 Å². The lowest BCUT2D eigenvalue weighted by atomic mass is 9.90. The zero-order chi connectivity index (χ0) is 35.3. The number of benzene rings is 9. The Morgan fingerprint density at radius 1 is 0.407 bits per heavy atom. The molecule has 0 saturated carbocycles. The molecule has 12 rings (SSSR count). The molecule has 0 fully saturated rings. The van der Waals surface area contributed by atoms with Crippen molar-refractivity contribution in [2.75, 3.05) is 0 Å². The van der Waals surface area contributed by atoms with Crippen molar-refractivity contribution >= 4 is 96.4 Å². The van der Waals surface area contributed by atoms with Crippen molar-refractivity contribution < 1.29 is 0 Å². The van der Waals surface area contributed by atoms with Crippen LogP contribution in [0.1, 0.15) is 0 Å². The fourth-order valence-electron chi connectivity index (χ4n) is 9.03. The molecule has 9 aromatic carbocycles. The first kappa shape index (κ1) is 29.7. The van der Waals surface area contributed by atoms with Gasteiger partial charge in [-0.25, -0.2) is 0 Å². The zero-order valence-corrected chi connectivity index (χ0v) is 29.9. The van der Waals surface area contributed by atoms with Crippen molar-refractivity contribution in [2.24, 2.45) is 0 Å². The summed E-state index contributed by atoms with van der Waals surface area (Å²) >= 11 is 1.87. The standard InChI is InChI=1S/C51H30N2S/c1-2-12-36-31(9-1)10-7-16-37(36)34-20-25-49-46(29-34)45-28-33(19-24-48(45)54-49)32-18-21-42-44(27-32)39-14-4-3-13-38(39)41-22-23-43-40-15-5-6-17-47(40)53(51(43)50(41)42)35-11-8-26-52-30-35/h1-30H. The molecule has 0 bridgehead atoms. The second-order valence-electron chi connectivity index (χ2n) is 14.3. The Morgan fingerprint density at radius 3 is 1.83 bits per heavy atom. The van der Waals surface area contributed by atoms with Gasteiger partial charge in [0.2, 0.25) is 0 Å². The first-order chi connectivity index (χ1) is 26.8. The van der Waals surface area contributed by atoms with E-state index < -0.39 is 0 Å². The van der Waals surface area contributed by atoms with Crippen LogP contribution in [0.25, 0.3) is 113 Å². The molecule has 3 heterocycles. The zero-order valence-electron chi connectivity index (χ0n) is 29.1. The van der Waals surface area contributed by atoms with Crippen molar-refractivity contribution in [1.29, 1.82) is 0 Å². The molecule has 3 heteroatoms. The van der Waals surface area contributed by atoms with E-state index in [1.807, 2.05) is 29.8 Å². The summed E-state index contributed by atoms with van der Waals surface area (Å²) in [5, 5.41) is 15.3. The molecule has 0 amide bonds. The average Bonchev–Trinajstić information content (AvgIpc) is 3.78. The minimum absolute atomic E-state index is 1.06. The molecule has 12 aromatic rings. The lowest BCUT2D eigenvalue weighted by molar-refractivity contribution is 1.15. The highest BCUT2D eigenvalue weighted by Crippen LogP contribution is 2.45. The van der Waals surface area contributed by atoms with Gasteiger partial charge in [-0.15, -0.1) is 11.3 Å². The SMILES string of the molecule is c1cncc(-n2c3ccccc3c3ccc4c5ccccc5c5cc(-c6ccc7sc8ccc(-c9cccc%10ccccc9%10)cc8c7c6)ccc5c4c32)c1. The summed E-state index contributed by atoms with van der Waals surface area (Å²) in [6.45, 7) is 0. The van der Waals surface area contributed by atoms with Gasteiger partial charge in [-0.1, -0.05) is 121 Å². The number of hydrogen-bond donors (Lipinski definition) is 0. The first-order valence-corrected chi connectivity index (χ1v) is 19.3. The van der Waals surface area contributed by atoms with Crippen LogP contribution in [0.3, 0.4) is 0 Å². The molecular formula is C51H30N2S. The van der Waals surface area contributed by atoms with Crippen LogP contribution in [0.2, 0.25) is 0 Å². The lowest BCUT2D eigenvalue weighted by Gasteiger charge is -2.15. The number of fused-ring (bicyclic) bond motifs is 14. The number of pyridine rings is 1. The third-order valence-electron chi connectivity index (χ3n) is 11.4. The molecular weight excluding hydrogens is 673 g/mol. The van der Waals surface area contributed by atoms with Gasteiger partial charge in [-0.2, -0.15) is 0 Å². The fraction of sp³-hybridized carbons (Fsp3) is 0. The Morgan fingerprint density at radius 2 is 1.02 bits per heavy atom. The van der Waals surface area contributed by atoms with Gasteiger partial charge < -0.3 is 4.57 Å². The van der Waals surface area contributed by atoms with Crippen LogP contribution in [0.5, 0.6) is 0 Å². The summed E-state index contributed by atoms with van der Waals surface area (Å²) in [4.78, 5) is 4.54. The van der Waals surface area contributed by atoms with E-state index in [-0.39, 0.29) is 0 Å². The molecule has 0 spiro atoms. The van der Waals surface area contributed by atoms with E-state index in [0.29, 0.717) is 0 Å². The van der Waals surface area contributed by atoms with E-state index in [4.69, 9.17) is 0 Å².